The fourth-order valence-electron chi connectivity index (χ4n) is 6.14. The Bertz CT molecular complexity index is 1430. The van der Waals surface area contributed by atoms with Crippen LogP contribution in [0.3, 0.4) is 0 Å². The number of likely N-dealkylation sites (tertiary alicyclic amines) is 2. The first-order valence-corrected chi connectivity index (χ1v) is 15.0. The van der Waals surface area contributed by atoms with Crippen molar-refractivity contribution in [2.24, 2.45) is 5.92 Å². The van der Waals surface area contributed by atoms with Gasteiger partial charge in [0.2, 0.25) is 11.9 Å². The zero-order valence-electron chi connectivity index (χ0n) is 25.4. The van der Waals surface area contributed by atoms with E-state index >= 15 is 0 Å². The van der Waals surface area contributed by atoms with E-state index in [1.54, 1.807) is 29.4 Å². The highest BCUT2D eigenvalue weighted by Gasteiger charge is 2.45. The van der Waals surface area contributed by atoms with Crippen LogP contribution >= 0.6 is 11.6 Å². The summed E-state index contributed by atoms with van der Waals surface area (Å²) in [4.78, 5) is 32.8. The van der Waals surface area contributed by atoms with E-state index in [0.717, 1.165) is 11.6 Å². The zero-order valence-corrected chi connectivity index (χ0v) is 26.2. The molecule has 3 N–H and O–H groups in total. The summed E-state index contributed by atoms with van der Waals surface area (Å²) in [5, 5.41) is 10.9. The molecule has 0 radical (unpaired) electrons. The number of halogens is 6. The number of benzene rings is 2. The number of hydrogen-bond acceptors (Lipinski definition) is 5. The molecule has 2 saturated heterocycles. The monoisotopic (exact) mass is 657 g/mol. The number of nitrogens with zero attached hydrogens (tertiary/aromatic N) is 2. The second-order valence-electron chi connectivity index (χ2n) is 12.6. The summed E-state index contributed by atoms with van der Waals surface area (Å²) < 4.78 is 65.8. The number of guanidine groups is 1. The Kier molecular flexibility index (Phi) is 10.3. The molecule has 4 rings (SSSR count). The molecule has 0 spiro atoms. The minimum atomic E-state index is -5.21. The first-order chi connectivity index (χ1) is 21.0. The van der Waals surface area contributed by atoms with Crippen molar-refractivity contribution in [3.63, 3.8) is 0 Å². The van der Waals surface area contributed by atoms with Gasteiger partial charge in [0, 0.05) is 48.7 Å². The summed E-state index contributed by atoms with van der Waals surface area (Å²) in [6.45, 7) is 9.61. The molecule has 0 aliphatic carbocycles. The molecule has 0 aromatic heterocycles. The maximum atomic E-state index is 14.9. The van der Waals surface area contributed by atoms with Crippen molar-refractivity contribution in [1.82, 2.24) is 20.6 Å². The van der Waals surface area contributed by atoms with Crippen LogP contribution in [-0.2, 0) is 14.4 Å². The number of alkyl halides is 3. The standard InChI is InChI=1S/C31H37ClF5N5O3/c1-17(39-29(38)40-45-28(44)31(35,36)37)23-13-19(32)5-7-21(23)18-9-11-41(12-10-18)27(43)25-16-42(30(2,3)4)15-24(25)22-8-6-20(33)14-26(22)34/h5-8,13-14,17-18,24-25H,9-12,15-16H2,1-4H3,(H3,38,39,40)/t17-,24-,25+/m0/s1. The van der Waals surface area contributed by atoms with Crippen LogP contribution in [0.15, 0.2) is 36.4 Å². The van der Waals surface area contributed by atoms with Crippen LogP contribution in [0.1, 0.15) is 75.1 Å². The van der Waals surface area contributed by atoms with Crippen molar-refractivity contribution in [3.8, 4) is 0 Å². The summed E-state index contributed by atoms with van der Waals surface area (Å²) in [7, 11) is 0. The largest absolute Gasteiger partial charge is 0.493 e. The number of carbonyl (C=O) groups excluding carboxylic acids is 2. The molecule has 2 aliphatic rings. The normalized spacial score (nSPS) is 20.5. The van der Waals surface area contributed by atoms with E-state index < -0.39 is 47.6 Å². The highest BCUT2D eigenvalue weighted by molar-refractivity contribution is 6.30. The van der Waals surface area contributed by atoms with Crippen LogP contribution in [0.25, 0.3) is 0 Å². The van der Waals surface area contributed by atoms with Crippen LogP contribution < -0.4 is 10.8 Å². The third-order valence-corrected chi connectivity index (χ3v) is 8.78. The maximum Gasteiger partial charge on any atom is 0.493 e. The highest BCUT2D eigenvalue weighted by Crippen LogP contribution is 2.40. The molecule has 2 aromatic rings. The van der Waals surface area contributed by atoms with Gasteiger partial charge in [-0.15, -0.1) is 0 Å². The van der Waals surface area contributed by atoms with Gasteiger partial charge in [-0.2, -0.15) is 18.7 Å². The van der Waals surface area contributed by atoms with Gasteiger partial charge in [-0.3, -0.25) is 15.1 Å². The van der Waals surface area contributed by atoms with Crippen LogP contribution in [-0.4, -0.2) is 65.5 Å². The summed E-state index contributed by atoms with van der Waals surface area (Å²) in [5.41, 5.74) is 3.34. The number of rotatable bonds is 5. The Hall–Kier alpha value is -3.45. The Morgan fingerprint density at radius 2 is 1.67 bits per heavy atom. The lowest BCUT2D eigenvalue weighted by atomic mass is 9.83. The number of carbonyl (C=O) groups is 2. The Morgan fingerprint density at radius 1 is 1.02 bits per heavy atom. The molecule has 2 heterocycles. The molecule has 3 atom stereocenters. The highest BCUT2D eigenvalue weighted by atomic mass is 35.5. The first kappa shape index (κ1) is 34.4. The van der Waals surface area contributed by atoms with Crippen LogP contribution in [0.4, 0.5) is 22.0 Å². The average Bonchev–Trinajstić information content (AvgIpc) is 3.41. The number of piperidine rings is 1. The van der Waals surface area contributed by atoms with Gasteiger partial charge in [-0.25, -0.2) is 13.6 Å². The minimum absolute atomic E-state index is 0.00996. The number of nitrogens with one attached hydrogen (secondary N) is 3. The average molecular weight is 658 g/mol. The lowest BCUT2D eigenvalue weighted by molar-refractivity contribution is -0.204. The molecule has 2 aliphatic heterocycles. The van der Waals surface area contributed by atoms with Gasteiger partial charge in [0.15, 0.2) is 0 Å². The van der Waals surface area contributed by atoms with Gasteiger partial charge < -0.3 is 15.1 Å². The van der Waals surface area contributed by atoms with Gasteiger partial charge in [-0.1, -0.05) is 23.7 Å². The van der Waals surface area contributed by atoms with Gasteiger partial charge >= 0.3 is 12.1 Å². The summed E-state index contributed by atoms with van der Waals surface area (Å²) in [5.74, 6) is -5.46. The van der Waals surface area contributed by atoms with Crippen LogP contribution in [0.5, 0.6) is 0 Å². The van der Waals surface area contributed by atoms with Crippen molar-refractivity contribution < 1.29 is 36.4 Å². The minimum Gasteiger partial charge on any atom is -0.348 e. The number of hydroxylamine groups is 1. The van der Waals surface area contributed by atoms with E-state index in [-0.39, 0.29) is 17.4 Å². The number of hydrogen-bond donors (Lipinski definition) is 3. The van der Waals surface area contributed by atoms with E-state index in [1.807, 2.05) is 26.8 Å². The fourth-order valence-corrected chi connectivity index (χ4v) is 6.32. The molecule has 0 unspecified atom stereocenters. The lowest BCUT2D eigenvalue weighted by Crippen LogP contribution is -2.44. The van der Waals surface area contributed by atoms with Gasteiger partial charge in [-0.05, 0) is 81.3 Å². The fraction of sp³-hybridized carbons (Fsp3) is 0.516. The van der Waals surface area contributed by atoms with Gasteiger partial charge in [0.1, 0.15) is 11.6 Å². The lowest BCUT2D eigenvalue weighted by Gasteiger charge is -2.36. The second-order valence-corrected chi connectivity index (χ2v) is 13.0. The quantitative estimate of drug-likeness (QED) is 0.157. The molecule has 2 aromatic carbocycles. The predicted octanol–water partition coefficient (Wildman–Crippen LogP) is 6.03. The third kappa shape index (κ3) is 8.23. The predicted molar refractivity (Wildman–Crippen MR) is 158 cm³/mol. The molecule has 0 bridgehead atoms. The van der Waals surface area contributed by atoms with Crippen molar-refractivity contribution in [2.45, 2.75) is 70.1 Å². The molecule has 0 saturated carbocycles. The smallest absolute Gasteiger partial charge is 0.348 e. The van der Waals surface area contributed by atoms with E-state index in [4.69, 9.17) is 17.0 Å². The van der Waals surface area contributed by atoms with Crippen molar-refractivity contribution in [2.75, 3.05) is 26.2 Å². The van der Waals surface area contributed by atoms with Crippen molar-refractivity contribution in [1.29, 1.82) is 5.41 Å². The van der Waals surface area contributed by atoms with E-state index in [2.05, 4.69) is 15.1 Å². The Labute approximate surface area is 263 Å². The molecular formula is C31H37ClF5N5O3. The third-order valence-electron chi connectivity index (χ3n) is 8.55. The van der Waals surface area contributed by atoms with E-state index in [1.165, 1.54) is 12.1 Å². The SMILES string of the molecule is C[C@H](NC(=N)NOC(=O)C(F)(F)F)c1cc(Cl)ccc1C1CCN(C(=O)[C@@H]2CN(C(C)(C)C)C[C@H]2c2ccc(F)cc2F)CC1. The van der Waals surface area contributed by atoms with Gasteiger partial charge in [0.05, 0.1) is 12.0 Å². The van der Waals surface area contributed by atoms with Gasteiger partial charge in [0.25, 0.3) is 0 Å². The number of amides is 1. The maximum absolute atomic E-state index is 14.9. The first-order valence-electron chi connectivity index (χ1n) is 14.6. The summed E-state index contributed by atoms with van der Waals surface area (Å²) in [6, 6.07) is 8.18. The summed E-state index contributed by atoms with van der Waals surface area (Å²) >= 11 is 6.26. The molecule has 1 amide bonds. The molecule has 246 valence electrons. The van der Waals surface area contributed by atoms with E-state index in [9.17, 15) is 31.5 Å². The van der Waals surface area contributed by atoms with Crippen LogP contribution in [0, 0.1) is 23.0 Å². The Balaban J connectivity index is 1.45. The molecule has 2 fully saturated rings. The molecule has 14 heteroatoms. The molecule has 45 heavy (non-hydrogen) atoms. The Morgan fingerprint density at radius 3 is 2.27 bits per heavy atom. The van der Waals surface area contributed by atoms with Crippen molar-refractivity contribution in [3.05, 3.63) is 69.7 Å². The topological polar surface area (TPSA) is 97.8 Å². The van der Waals surface area contributed by atoms with Crippen LogP contribution in [0.2, 0.25) is 5.02 Å². The zero-order chi connectivity index (χ0) is 33.3. The molecular weight excluding hydrogens is 621 g/mol. The summed E-state index contributed by atoms with van der Waals surface area (Å²) in [6.07, 6.45) is -3.99. The van der Waals surface area contributed by atoms with E-state index in [0.29, 0.717) is 55.2 Å². The van der Waals surface area contributed by atoms with Crippen molar-refractivity contribution >= 4 is 29.4 Å². The second kappa shape index (κ2) is 13.5. The molecule has 8 nitrogen and oxygen atoms in total.